The quantitative estimate of drug-likeness (QED) is 0.344. The topological polar surface area (TPSA) is 86.9 Å². The van der Waals surface area contributed by atoms with E-state index in [1.807, 2.05) is 36.4 Å². The molecule has 0 bridgehead atoms. The molecule has 0 radical (unpaired) electrons. The number of hydrogen-bond acceptors (Lipinski definition) is 5. The number of benzene rings is 2. The lowest BCUT2D eigenvalue weighted by Crippen LogP contribution is -2.41. The van der Waals surface area contributed by atoms with Crippen molar-refractivity contribution in [2.75, 3.05) is 0 Å². The van der Waals surface area contributed by atoms with E-state index in [0.717, 1.165) is 27.5 Å². The summed E-state index contributed by atoms with van der Waals surface area (Å²) < 4.78 is 0. The summed E-state index contributed by atoms with van der Waals surface area (Å²) in [5, 5.41) is 4.38. The van der Waals surface area contributed by atoms with Crippen molar-refractivity contribution in [3.05, 3.63) is 82.0 Å². The number of nitrogens with zero attached hydrogens (tertiary/aromatic N) is 1. The summed E-state index contributed by atoms with van der Waals surface area (Å²) in [7, 11) is 0. The molecular weight excluding hydrogens is 392 g/mol. The SMILES string of the molecule is O=C(NNC(=O)c1ccsc1)c1ccc(CSc2nc3ccccc3[nH]2)cc1. The third-order valence-electron chi connectivity index (χ3n) is 4.03. The molecule has 28 heavy (non-hydrogen) atoms. The van der Waals surface area contributed by atoms with Crippen molar-refractivity contribution in [2.45, 2.75) is 10.9 Å². The molecule has 140 valence electrons. The summed E-state index contributed by atoms with van der Waals surface area (Å²) in [6.45, 7) is 0. The molecule has 0 fully saturated rings. The Labute approximate surface area is 169 Å². The lowest BCUT2D eigenvalue weighted by Gasteiger charge is -2.07. The molecule has 0 aliphatic carbocycles. The molecule has 2 aromatic heterocycles. The van der Waals surface area contributed by atoms with E-state index in [4.69, 9.17) is 0 Å². The van der Waals surface area contributed by atoms with Gasteiger partial charge in [-0.05, 0) is 41.3 Å². The van der Waals surface area contributed by atoms with E-state index in [9.17, 15) is 9.59 Å². The second kappa shape index (κ2) is 8.28. The molecule has 2 amide bonds. The maximum absolute atomic E-state index is 12.2. The van der Waals surface area contributed by atoms with Crippen molar-refractivity contribution in [3.8, 4) is 0 Å². The number of imidazole rings is 1. The van der Waals surface area contributed by atoms with Gasteiger partial charge < -0.3 is 4.98 Å². The smallest absolute Gasteiger partial charge is 0.270 e. The van der Waals surface area contributed by atoms with Crippen LogP contribution in [0.3, 0.4) is 0 Å². The van der Waals surface area contributed by atoms with E-state index in [1.54, 1.807) is 40.7 Å². The molecule has 0 aliphatic heterocycles. The van der Waals surface area contributed by atoms with Crippen molar-refractivity contribution in [2.24, 2.45) is 0 Å². The van der Waals surface area contributed by atoms with Gasteiger partial charge in [0.2, 0.25) is 0 Å². The minimum absolute atomic E-state index is 0.339. The van der Waals surface area contributed by atoms with E-state index < -0.39 is 0 Å². The molecule has 2 aromatic carbocycles. The van der Waals surface area contributed by atoms with Crippen molar-refractivity contribution >= 4 is 45.9 Å². The van der Waals surface area contributed by atoms with Crippen LogP contribution in [0.1, 0.15) is 26.3 Å². The van der Waals surface area contributed by atoms with Gasteiger partial charge in [-0.2, -0.15) is 11.3 Å². The first-order valence-corrected chi connectivity index (χ1v) is 10.4. The number of H-pyrrole nitrogens is 1. The van der Waals surface area contributed by atoms with E-state index in [2.05, 4.69) is 20.8 Å². The van der Waals surface area contributed by atoms with Crippen LogP contribution in [0.15, 0.2) is 70.5 Å². The third kappa shape index (κ3) is 4.24. The van der Waals surface area contributed by atoms with Crippen molar-refractivity contribution < 1.29 is 9.59 Å². The maximum atomic E-state index is 12.2. The molecule has 2 heterocycles. The standard InChI is InChI=1S/C20H16N4O2S2/c25-18(23-24-19(26)15-9-10-27-12-15)14-7-5-13(6-8-14)11-28-20-21-16-3-1-2-4-17(16)22-20/h1-10,12H,11H2,(H,21,22)(H,23,25)(H,24,26). The Kier molecular flexibility index (Phi) is 5.41. The number of aromatic nitrogens is 2. The van der Waals surface area contributed by atoms with Gasteiger partial charge in [-0.15, -0.1) is 0 Å². The Morgan fingerprint density at radius 1 is 0.964 bits per heavy atom. The van der Waals surface area contributed by atoms with Crippen molar-refractivity contribution in [1.29, 1.82) is 0 Å². The molecule has 0 saturated carbocycles. The molecular formula is C20H16N4O2S2. The average Bonchev–Trinajstić information content (AvgIpc) is 3.40. The monoisotopic (exact) mass is 408 g/mol. The minimum Gasteiger partial charge on any atom is -0.333 e. The Bertz CT molecular complexity index is 1070. The van der Waals surface area contributed by atoms with Gasteiger partial charge in [-0.25, -0.2) is 4.98 Å². The van der Waals surface area contributed by atoms with Crippen LogP contribution in [0.4, 0.5) is 0 Å². The fourth-order valence-electron chi connectivity index (χ4n) is 2.55. The summed E-state index contributed by atoms with van der Waals surface area (Å²) in [5.74, 6) is 0.0323. The first-order chi connectivity index (χ1) is 13.7. The minimum atomic E-state index is -0.361. The molecule has 0 saturated heterocycles. The third-order valence-corrected chi connectivity index (χ3v) is 5.66. The van der Waals surface area contributed by atoms with Gasteiger partial charge in [-0.1, -0.05) is 36.0 Å². The molecule has 0 spiro atoms. The molecule has 4 rings (SSSR count). The van der Waals surface area contributed by atoms with Gasteiger partial charge in [0, 0.05) is 16.7 Å². The van der Waals surface area contributed by atoms with Gasteiger partial charge in [0.05, 0.1) is 16.6 Å². The van der Waals surface area contributed by atoms with Crippen LogP contribution in [0.25, 0.3) is 11.0 Å². The molecule has 0 atom stereocenters. The summed E-state index contributed by atoms with van der Waals surface area (Å²) >= 11 is 3.02. The Morgan fingerprint density at radius 2 is 1.71 bits per heavy atom. The average molecular weight is 409 g/mol. The Hall–Kier alpha value is -3.10. The van der Waals surface area contributed by atoms with E-state index in [-0.39, 0.29) is 11.8 Å². The number of fused-ring (bicyclic) bond motifs is 1. The first-order valence-electron chi connectivity index (χ1n) is 8.48. The zero-order valence-corrected chi connectivity index (χ0v) is 16.3. The zero-order valence-electron chi connectivity index (χ0n) is 14.6. The van der Waals surface area contributed by atoms with Crippen LogP contribution in [0, 0.1) is 0 Å². The number of nitrogens with one attached hydrogen (secondary N) is 3. The number of thioether (sulfide) groups is 1. The summed E-state index contributed by atoms with van der Waals surface area (Å²) in [6, 6.07) is 16.9. The predicted octanol–water partition coefficient (Wildman–Crippen LogP) is 3.99. The highest BCUT2D eigenvalue weighted by Gasteiger charge is 2.10. The normalized spacial score (nSPS) is 10.7. The predicted molar refractivity (Wildman–Crippen MR) is 111 cm³/mol. The number of aromatic amines is 1. The zero-order chi connectivity index (χ0) is 19.3. The number of carbonyl (C=O) groups is 2. The Morgan fingerprint density at radius 3 is 2.43 bits per heavy atom. The highest BCUT2D eigenvalue weighted by molar-refractivity contribution is 7.98. The van der Waals surface area contributed by atoms with Crippen LogP contribution in [0.2, 0.25) is 0 Å². The molecule has 0 aliphatic rings. The van der Waals surface area contributed by atoms with Crippen LogP contribution in [-0.2, 0) is 5.75 Å². The molecule has 3 N–H and O–H groups in total. The highest BCUT2D eigenvalue weighted by atomic mass is 32.2. The lowest BCUT2D eigenvalue weighted by atomic mass is 10.1. The Balaban J connectivity index is 1.31. The van der Waals surface area contributed by atoms with Gasteiger partial charge in [0.1, 0.15) is 0 Å². The second-order valence-electron chi connectivity index (χ2n) is 5.96. The van der Waals surface area contributed by atoms with E-state index in [0.29, 0.717) is 11.1 Å². The van der Waals surface area contributed by atoms with Gasteiger partial charge in [-0.3, -0.25) is 20.4 Å². The largest absolute Gasteiger partial charge is 0.333 e. The van der Waals surface area contributed by atoms with Gasteiger partial charge in [0.15, 0.2) is 5.16 Å². The van der Waals surface area contributed by atoms with Gasteiger partial charge in [0.25, 0.3) is 11.8 Å². The summed E-state index contributed by atoms with van der Waals surface area (Å²) in [5.41, 5.74) is 8.86. The van der Waals surface area contributed by atoms with Crippen LogP contribution >= 0.6 is 23.1 Å². The number of hydrazine groups is 1. The van der Waals surface area contributed by atoms with E-state index in [1.165, 1.54) is 11.3 Å². The number of amides is 2. The summed E-state index contributed by atoms with van der Waals surface area (Å²) in [4.78, 5) is 31.8. The summed E-state index contributed by atoms with van der Waals surface area (Å²) in [6.07, 6.45) is 0. The maximum Gasteiger partial charge on any atom is 0.270 e. The van der Waals surface area contributed by atoms with Gasteiger partial charge >= 0.3 is 0 Å². The number of thiophene rings is 1. The second-order valence-corrected chi connectivity index (χ2v) is 7.71. The van der Waals surface area contributed by atoms with Crippen LogP contribution < -0.4 is 10.9 Å². The fourth-order valence-corrected chi connectivity index (χ4v) is 4.03. The first kappa shape index (κ1) is 18.3. The number of carbonyl (C=O) groups excluding carboxylic acids is 2. The van der Waals surface area contributed by atoms with Crippen LogP contribution in [0.5, 0.6) is 0 Å². The number of hydrogen-bond donors (Lipinski definition) is 3. The van der Waals surface area contributed by atoms with E-state index >= 15 is 0 Å². The lowest BCUT2D eigenvalue weighted by molar-refractivity contribution is 0.0847. The molecule has 0 unspecified atom stereocenters. The fraction of sp³-hybridized carbons (Fsp3) is 0.0500. The molecule has 4 aromatic rings. The van der Waals surface area contributed by atoms with Crippen molar-refractivity contribution in [1.82, 2.24) is 20.8 Å². The number of para-hydroxylation sites is 2. The van der Waals surface area contributed by atoms with Crippen LogP contribution in [-0.4, -0.2) is 21.8 Å². The molecule has 8 heteroatoms. The highest BCUT2D eigenvalue weighted by Crippen LogP contribution is 2.23. The van der Waals surface area contributed by atoms with Crippen molar-refractivity contribution in [3.63, 3.8) is 0 Å². The molecule has 6 nitrogen and oxygen atoms in total. The number of rotatable bonds is 5.